The normalized spacial score (nSPS) is 49.2. The summed E-state index contributed by atoms with van der Waals surface area (Å²) in [4.78, 5) is 27.0. The van der Waals surface area contributed by atoms with Crippen LogP contribution in [0.5, 0.6) is 0 Å². The highest BCUT2D eigenvalue weighted by Gasteiger charge is 2.69. The van der Waals surface area contributed by atoms with Gasteiger partial charge >= 0.3 is 0 Å². The van der Waals surface area contributed by atoms with Gasteiger partial charge in [0.2, 0.25) is 0 Å². The van der Waals surface area contributed by atoms with E-state index in [0.717, 1.165) is 50.5 Å². The topological polar surface area (TPSA) is 81.7 Å². The molecule has 0 N–H and O–H groups in total. The molecule has 5 aliphatic carbocycles. The highest BCUT2D eigenvalue weighted by molar-refractivity contribution is 6.02. The standard InChI is InChI=1S/C30H38N2O2/c1-18-20-7-8-28(5)23(27(20,4)14-19(16-31)25(18)34)13-22(33)24-21-15-26(2,3)9-11-30(21,17-32)12-10-29(24,28)6/h13-14,18,20-21,24H,7-12,15H2,1-6H3/t18-,20-,21?,24+,27-,28+,29+,30+/m0/s1. The van der Waals surface area contributed by atoms with Gasteiger partial charge in [0.15, 0.2) is 11.6 Å². The Kier molecular flexibility index (Phi) is 4.80. The van der Waals surface area contributed by atoms with E-state index in [0.29, 0.717) is 0 Å². The van der Waals surface area contributed by atoms with E-state index in [9.17, 15) is 20.1 Å². The van der Waals surface area contributed by atoms with Crippen LogP contribution in [0, 0.1) is 73.4 Å². The number of hydrogen-bond donors (Lipinski definition) is 0. The van der Waals surface area contributed by atoms with Crippen molar-refractivity contribution >= 4 is 11.6 Å². The van der Waals surface area contributed by atoms with Crippen LogP contribution in [0.1, 0.15) is 86.5 Å². The lowest BCUT2D eigenvalue weighted by Crippen LogP contribution is -2.64. The zero-order chi connectivity index (χ0) is 24.9. The molecular weight excluding hydrogens is 420 g/mol. The summed E-state index contributed by atoms with van der Waals surface area (Å²) >= 11 is 0. The van der Waals surface area contributed by atoms with E-state index in [4.69, 9.17) is 0 Å². The smallest absolute Gasteiger partial charge is 0.176 e. The van der Waals surface area contributed by atoms with Gasteiger partial charge < -0.3 is 0 Å². The van der Waals surface area contributed by atoms with Crippen LogP contribution in [0.15, 0.2) is 23.3 Å². The molecule has 4 heteroatoms. The third-order valence-corrected chi connectivity index (χ3v) is 11.7. The van der Waals surface area contributed by atoms with Gasteiger partial charge in [-0.1, -0.05) is 53.2 Å². The zero-order valence-corrected chi connectivity index (χ0v) is 21.6. The van der Waals surface area contributed by atoms with Crippen LogP contribution < -0.4 is 0 Å². The van der Waals surface area contributed by atoms with E-state index in [2.05, 4.69) is 46.8 Å². The maximum Gasteiger partial charge on any atom is 0.176 e. The monoisotopic (exact) mass is 458 g/mol. The predicted octanol–water partition coefficient (Wildman–Crippen LogP) is 6.34. The number of nitrogens with zero attached hydrogens (tertiary/aromatic N) is 2. The molecule has 0 amide bonds. The average molecular weight is 459 g/mol. The maximum atomic E-state index is 14.1. The average Bonchev–Trinajstić information content (AvgIpc) is 2.77. The molecule has 1 unspecified atom stereocenters. The molecule has 0 aromatic heterocycles. The molecule has 0 saturated heterocycles. The number of allylic oxidation sites excluding steroid dienone is 4. The zero-order valence-electron chi connectivity index (χ0n) is 21.6. The predicted molar refractivity (Wildman–Crippen MR) is 130 cm³/mol. The van der Waals surface area contributed by atoms with Gasteiger partial charge in [0.25, 0.3) is 0 Å². The van der Waals surface area contributed by atoms with Gasteiger partial charge in [-0.15, -0.1) is 0 Å². The summed E-state index contributed by atoms with van der Waals surface area (Å²) in [6.07, 6.45) is 10.3. The van der Waals surface area contributed by atoms with Gasteiger partial charge in [0.1, 0.15) is 6.07 Å². The summed E-state index contributed by atoms with van der Waals surface area (Å²) in [5, 5.41) is 20.1. The summed E-state index contributed by atoms with van der Waals surface area (Å²) < 4.78 is 0. The summed E-state index contributed by atoms with van der Waals surface area (Å²) in [6, 6.07) is 4.88. The fraction of sp³-hybridized carbons (Fsp3) is 0.733. The fourth-order valence-corrected chi connectivity index (χ4v) is 9.45. The molecule has 4 nitrogen and oxygen atoms in total. The van der Waals surface area contributed by atoms with Crippen molar-refractivity contribution in [1.82, 2.24) is 0 Å². The Morgan fingerprint density at radius 3 is 2.26 bits per heavy atom. The molecular formula is C30H38N2O2. The van der Waals surface area contributed by atoms with Crippen LogP contribution in [-0.2, 0) is 9.59 Å². The second kappa shape index (κ2) is 6.94. The highest BCUT2D eigenvalue weighted by Crippen LogP contribution is 2.73. The van der Waals surface area contributed by atoms with E-state index in [1.54, 1.807) is 0 Å². The molecule has 5 aliphatic rings. The Labute approximate surface area is 204 Å². The summed E-state index contributed by atoms with van der Waals surface area (Å²) in [5.74, 6) is -0.0370. The minimum absolute atomic E-state index is 0.0543. The first-order valence-electron chi connectivity index (χ1n) is 13.1. The molecule has 5 rings (SSSR count). The Hall–Kier alpha value is -2.20. The minimum atomic E-state index is -0.468. The van der Waals surface area contributed by atoms with Crippen molar-refractivity contribution in [1.29, 1.82) is 10.5 Å². The summed E-state index contributed by atoms with van der Waals surface area (Å²) in [7, 11) is 0. The fourth-order valence-electron chi connectivity index (χ4n) is 9.45. The quantitative estimate of drug-likeness (QED) is 0.424. The Bertz CT molecular complexity index is 1130. The Morgan fingerprint density at radius 1 is 0.941 bits per heavy atom. The summed E-state index contributed by atoms with van der Waals surface area (Å²) in [6.45, 7) is 13.4. The molecule has 0 bridgehead atoms. The van der Waals surface area contributed by atoms with E-state index in [1.807, 2.05) is 19.1 Å². The van der Waals surface area contributed by atoms with Crippen molar-refractivity contribution in [3.63, 3.8) is 0 Å². The lowest BCUT2D eigenvalue weighted by molar-refractivity contribution is -0.161. The SMILES string of the molecule is C[C@@H]1C(=O)C(C#N)=C[C@]2(C)C3=CC(=O)[C@H]4C5CC(C)(C)CC[C@]5(C#N)CC[C@@]4(C)[C@]3(C)CC[C@@H]12. The highest BCUT2D eigenvalue weighted by atomic mass is 16.1. The third-order valence-electron chi connectivity index (χ3n) is 11.7. The first kappa shape index (κ1) is 23.5. The minimum Gasteiger partial charge on any atom is -0.295 e. The number of carbonyl (C=O) groups excluding carboxylic acids is 2. The molecule has 3 saturated carbocycles. The first-order chi connectivity index (χ1) is 15.8. The number of nitriles is 2. The first-order valence-corrected chi connectivity index (χ1v) is 13.1. The molecule has 3 fully saturated rings. The van der Waals surface area contributed by atoms with Crippen molar-refractivity contribution in [2.75, 3.05) is 0 Å². The molecule has 180 valence electrons. The maximum absolute atomic E-state index is 14.1. The van der Waals surface area contributed by atoms with E-state index in [1.165, 1.54) is 0 Å². The van der Waals surface area contributed by atoms with Crippen LogP contribution in [0.25, 0.3) is 0 Å². The second-order valence-electron chi connectivity index (χ2n) is 13.7. The molecule has 0 aromatic carbocycles. The van der Waals surface area contributed by atoms with Crippen molar-refractivity contribution in [2.24, 2.45) is 50.7 Å². The molecule has 8 atom stereocenters. The van der Waals surface area contributed by atoms with Gasteiger partial charge in [-0.25, -0.2) is 0 Å². The van der Waals surface area contributed by atoms with Crippen molar-refractivity contribution < 1.29 is 9.59 Å². The van der Waals surface area contributed by atoms with E-state index in [-0.39, 0.29) is 57.1 Å². The van der Waals surface area contributed by atoms with Crippen molar-refractivity contribution in [2.45, 2.75) is 86.5 Å². The van der Waals surface area contributed by atoms with Crippen LogP contribution in [0.3, 0.4) is 0 Å². The second-order valence-corrected chi connectivity index (χ2v) is 13.7. The van der Waals surface area contributed by atoms with E-state index >= 15 is 0 Å². The summed E-state index contributed by atoms with van der Waals surface area (Å²) in [5.41, 5.74) is 0.233. The van der Waals surface area contributed by atoms with Gasteiger partial charge in [0, 0.05) is 17.3 Å². The number of rotatable bonds is 0. The molecule has 34 heavy (non-hydrogen) atoms. The third kappa shape index (κ3) is 2.69. The Balaban J connectivity index is 1.69. The van der Waals surface area contributed by atoms with Gasteiger partial charge in [-0.3, -0.25) is 9.59 Å². The molecule has 0 heterocycles. The van der Waals surface area contributed by atoms with Crippen LogP contribution in [0.2, 0.25) is 0 Å². The van der Waals surface area contributed by atoms with Gasteiger partial charge in [0.05, 0.1) is 17.1 Å². The molecule has 0 aliphatic heterocycles. The number of fused-ring (bicyclic) bond motifs is 7. The molecule has 0 aromatic rings. The van der Waals surface area contributed by atoms with Crippen LogP contribution >= 0.6 is 0 Å². The number of ketones is 2. The molecule has 0 spiro atoms. The van der Waals surface area contributed by atoms with E-state index < -0.39 is 10.8 Å². The van der Waals surface area contributed by atoms with Crippen LogP contribution in [0.4, 0.5) is 0 Å². The lowest BCUT2D eigenvalue weighted by atomic mass is 9.35. The Morgan fingerprint density at radius 2 is 1.62 bits per heavy atom. The lowest BCUT2D eigenvalue weighted by Gasteiger charge is -2.67. The van der Waals surface area contributed by atoms with Gasteiger partial charge in [-0.05, 0) is 79.1 Å². The number of carbonyl (C=O) groups is 2. The van der Waals surface area contributed by atoms with Crippen LogP contribution in [-0.4, -0.2) is 11.6 Å². The molecule has 0 radical (unpaired) electrons. The largest absolute Gasteiger partial charge is 0.295 e. The van der Waals surface area contributed by atoms with Crippen molar-refractivity contribution in [3.05, 3.63) is 23.3 Å². The number of Topliss-reactive ketones (excluding diaryl/α,β-unsaturated/α-hetero) is 1. The number of hydrogen-bond acceptors (Lipinski definition) is 4. The van der Waals surface area contributed by atoms with Gasteiger partial charge in [-0.2, -0.15) is 10.5 Å². The van der Waals surface area contributed by atoms with Crippen molar-refractivity contribution in [3.8, 4) is 12.1 Å².